The Balaban J connectivity index is 1.92. The second-order valence-corrected chi connectivity index (χ2v) is 4.57. The summed E-state index contributed by atoms with van der Waals surface area (Å²) in [6, 6.07) is 8.47. The number of carbonyl (C=O) groups excluding carboxylic acids is 1. The van der Waals surface area contributed by atoms with Crippen LogP contribution in [0.2, 0.25) is 0 Å². The smallest absolute Gasteiger partial charge is 0.157 e. The number of aromatic nitrogens is 2. The topological polar surface area (TPSA) is 80.9 Å². The van der Waals surface area contributed by atoms with Crippen LogP contribution in [0.25, 0.3) is 0 Å². The monoisotopic (exact) mass is 254 g/mol. The summed E-state index contributed by atoms with van der Waals surface area (Å²) in [4.78, 5) is 19.0. The number of nitrogens with two attached hydrogens (primary N) is 1. The molecule has 3 rings (SSSR count). The van der Waals surface area contributed by atoms with Gasteiger partial charge in [-0.15, -0.1) is 0 Å². The average Bonchev–Trinajstić information content (AvgIpc) is 2.83. The minimum Gasteiger partial charge on any atom is -0.383 e. The number of hydrogen-bond acceptors (Lipinski definition) is 5. The van der Waals surface area contributed by atoms with E-state index in [0.717, 1.165) is 12.8 Å². The van der Waals surface area contributed by atoms with Gasteiger partial charge in [-0.1, -0.05) is 24.3 Å². The number of nitrogens with one attached hydrogen (secondary N) is 1. The first-order valence-corrected chi connectivity index (χ1v) is 6.19. The molecule has 1 aromatic carbocycles. The maximum absolute atomic E-state index is 11.1. The predicted octanol–water partition coefficient (Wildman–Crippen LogP) is 1.97. The van der Waals surface area contributed by atoms with Crippen LogP contribution in [0.4, 0.5) is 11.6 Å². The van der Waals surface area contributed by atoms with E-state index >= 15 is 0 Å². The van der Waals surface area contributed by atoms with Crippen LogP contribution in [-0.2, 0) is 6.42 Å². The molecule has 1 heterocycles. The zero-order chi connectivity index (χ0) is 13.2. The number of aldehydes is 1. The summed E-state index contributed by atoms with van der Waals surface area (Å²) < 4.78 is 0. The van der Waals surface area contributed by atoms with Crippen LogP contribution in [0.3, 0.4) is 0 Å². The van der Waals surface area contributed by atoms with Gasteiger partial charge >= 0.3 is 0 Å². The number of rotatable bonds is 3. The predicted molar refractivity (Wildman–Crippen MR) is 73.0 cm³/mol. The molecule has 0 spiro atoms. The molecular weight excluding hydrogens is 240 g/mol. The molecule has 2 aromatic rings. The van der Waals surface area contributed by atoms with E-state index in [1.54, 1.807) is 0 Å². The lowest BCUT2D eigenvalue weighted by atomic mass is 10.1. The van der Waals surface area contributed by atoms with Gasteiger partial charge in [0.25, 0.3) is 0 Å². The van der Waals surface area contributed by atoms with E-state index < -0.39 is 0 Å². The van der Waals surface area contributed by atoms with Crippen LogP contribution in [0.1, 0.15) is 33.9 Å². The Bertz CT molecular complexity index is 627. The van der Waals surface area contributed by atoms with E-state index in [4.69, 9.17) is 5.73 Å². The largest absolute Gasteiger partial charge is 0.383 e. The van der Waals surface area contributed by atoms with Gasteiger partial charge in [-0.05, 0) is 24.0 Å². The quantitative estimate of drug-likeness (QED) is 0.818. The van der Waals surface area contributed by atoms with Crippen LogP contribution < -0.4 is 11.1 Å². The van der Waals surface area contributed by atoms with E-state index in [9.17, 15) is 4.79 Å². The third-order valence-corrected chi connectivity index (χ3v) is 3.48. The summed E-state index contributed by atoms with van der Waals surface area (Å²) in [5.41, 5.74) is 8.61. The number of carbonyl (C=O) groups is 1. The molecule has 3 N–H and O–H groups in total. The number of nitrogen functional groups attached to an aromatic ring is 1. The lowest BCUT2D eigenvalue weighted by molar-refractivity contribution is 0.112. The maximum Gasteiger partial charge on any atom is 0.157 e. The highest BCUT2D eigenvalue weighted by Gasteiger charge is 2.23. The molecule has 0 radical (unpaired) electrons. The third-order valence-electron chi connectivity index (χ3n) is 3.48. The fraction of sp³-hybridized carbons (Fsp3) is 0.214. The molecular formula is C14H14N4O. The van der Waals surface area contributed by atoms with E-state index in [-0.39, 0.29) is 11.9 Å². The van der Waals surface area contributed by atoms with E-state index in [1.165, 1.54) is 17.5 Å². The van der Waals surface area contributed by atoms with Gasteiger partial charge in [0.2, 0.25) is 0 Å². The van der Waals surface area contributed by atoms with E-state index in [1.807, 2.05) is 12.1 Å². The van der Waals surface area contributed by atoms with Crippen molar-refractivity contribution in [2.24, 2.45) is 0 Å². The molecule has 96 valence electrons. The summed E-state index contributed by atoms with van der Waals surface area (Å²) in [5, 5.41) is 3.30. The van der Waals surface area contributed by atoms with Crippen molar-refractivity contribution in [2.75, 3.05) is 11.1 Å². The summed E-state index contributed by atoms with van der Waals surface area (Å²) >= 11 is 0. The maximum atomic E-state index is 11.1. The number of benzene rings is 1. The number of aryl methyl sites for hydroxylation is 1. The molecule has 1 aliphatic rings. The molecule has 1 aromatic heterocycles. The third kappa shape index (κ3) is 2.03. The minimum atomic E-state index is 0.171. The van der Waals surface area contributed by atoms with Crippen molar-refractivity contribution < 1.29 is 4.79 Å². The lowest BCUT2D eigenvalue weighted by Gasteiger charge is -2.16. The first kappa shape index (κ1) is 11.6. The van der Waals surface area contributed by atoms with Gasteiger partial charge in [-0.25, -0.2) is 9.97 Å². The molecule has 19 heavy (non-hydrogen) atoms. The van der Waals surface area contributed by atoms with Crippen molar-refractivity contribution >= 4 is 17.9 Å². The van der Waals surface area contributed by atoms with Gasteiger partial charge in [0.05, 0.1) is 11.6 Å². The van der Waals surface area contributed by atoms with Gasteiger partial charge in [0.15, 0.2) is 6.29 Å². The second-order valence-electron chi connectivity index (χ2n) is 4.57. The van der Waals surface area contributed by atoms with Crippen molar-refractivity contribution in [3.05, 3.63) is 47.3 Å². The average molecular weight is 254 g/mol. The Kier molecular flexibility index (Phi) is 2.87. The van der Waals surface area contributed by atoms with Crippen LogP contribution in [0, 0.1) is 0 Å². The second kappa shape index (κ2) is 4.68. The first-order valence-electron chi connectivity index (χ1n) is 6.19. The Labute approximate surface area is 110 Å². The summed E-state index contributed by atoms with van der Waals surface area (Å²) in [6.07, 6.45) is 4.08. The van der Waals surface area contributed by atoms with Gasteiger partial charge in [-0.2, -0.15) is 0 Å². The fourth-order valence-corrected chi connectivity index (χ4v) is 2.51. The van der Waals surface area contributed by atoms with Gasteiger partial charge in [0.1, 0.15) is 18.0 Å². The minimum absolute atomic E-state index is 0.171. The highest BCUT2D eigenvalue weighted by Crippen LogP contribution is 2.33. The van der Waals surface area contributed by atoms with Gasteiger partial charge < -0.3 is 11.1 Å². The molecule has 5 nitrogen and oxygen atoms in total. The van der Waals surface area contributed by atoms with Crippen molar-refractivity contribution in [3.8, 4) is 0 Å². The van der Waals surface area contributed by atoms with Crippen molar-refractivity contribution in [1.82, 2.24) is 9.97 Å². The molecule has 0 amide bonds. The molecule has 0 bridgehead atoms. The Hall–Kier alpha value is -2.43. The standard InChI is InChI=1S/C14H14N4O/c15-13-11(7-19)14(17-8-16-13)18-12-6-5-9-3-1-2-4-10(9)12/h1-4,7-8,12H,5-6H2,(H3,15,16,17,18). The number of anilines is 2. The van der Waals surface area contributed by atoms with Crippen LogP contribution in [0.5, 0.6) is 0 Å². The van der Waals surface area contributed by atoms with Crippen molar-refractivity contribution in [3.63, 3.8) is 0 Å². The molecule has 1 unspecified atom stereocenters. The first-order chi connectivity index (χ1) is 9.29. The Morgan fingerprint density at radius 2 is 2.16 bits per heavy atom. The molecule has 0 saturated carbocycles. The Morgan fingerprint density at radius 1 is 1.32 bits per heavy atom. The zero-order valence-corrected chi connectivity index (χ0v) is 10.3. The number of fused-ring (bicyclic) bond motifs is 1. The molecule has 0 saturated heterocycles. The molecule has 1 aliphatic carbocycles. The van der Waals surface area contributed by atoms with Crippen LogP contribution in [0.15, 0.2) is 30.6 Å². The normalized spacial score (nSPS) is 16.9. The summed E-state index contributed by atoms with van der Waals surface area (Å²) in [7, 11) is 0. The number of nitrogens with zero attached hydrogens (tertiary/aromatic N) is 2. The van der Waals surface area contributed by atoms with E-state index in [0.29, 0.717) is 17.7 Å². The number of hydrogen-bond donors (Lipinski definition) is 2. The summed E-state index contributed by atoms with van der Waals surface area (Å²) in [6.45, 7) is 0. The van der Waals surface area contributed by atoms with Crippen LogP contribution >= 0.6 is 0 Å². The summed E-state index contributed by atoms with van der Waals surface area (Å²) in [5.74, 6) is 0.711. The molecule has 0 aliphatic heterocycles. The van der Waals surface area contributed by atoms with Gasteiger partial charge in [-0.3, -0.25) is 4.79 Å². The van der Waals surface area contributed by atoms with E-state index in [2.05, 4.69) is 27.4 Å². The highest BCUT2D eigenvalue weighted by molar-refractivity contribution is 5.88. The highest BCUT2D eigenvalue weighted by atomic mass is 16.1. The fourth-order valence-electron chi connectivity index (χ4n) is 2.51. The van der Waals surface area contributed by atoms with Gasteiger partial charge in [0, 0.05) is 0 Å². The molecule has 1 atom stereocenters. The Morgan fingerprint density at radius 3 is 3.00 bits per heavy atom. The SMILES string of the molecule is Nc1ncnc(NC2CCc3ccccc32)c1C=O. The van der Waals surface area contributed by atoms with Crippen molar-refractivity contribution in [2.45, 2.75) is 18.9 Å². The lowest BCUT2D eigenvalue weighted by Crippen LogP contribution is -2.12. The van der Waals surface area contributed by atoms with Crippen molar-refractivity contribution in [1.29, 1.82) is 0 Å². The van der Waals surface area contributed by atoms with Crippen LogP contribution in [-0.4, -0.2) is 16.3 Å². The molecule has 0 fully saturated rings. The molecule has 5 heteroatoms. The zero-order valence-electron chi connectivity index (χ0n) is 10.3.